The van der Waals surface area contributed by atoms with Gasteiger partial charge in [0.2, 0.25) is 0 Å². The van der Waals surface area contributed by atoms with Crippen molar-refractivity contribution < 1.29 is 0 Å². The minimum absolute atomic E-state index is 0.412. The summed E-state index contributed by atoms with van der Waals surface area (Å²) < 4.78 is 0. The SMILES string of the molecule is CCN1CCC(Nc2ccc(C(C)(C)C#N)cc2)CC1. The minimum Gasteiger partial charge on any atom is -0.382 e. The smallest absolute Gasteiger partial charge is 0.0766 e. The van der Waals surface area contributed by atoms with Crippen molar-refractivity contribution in [1.82, 2.24) is 4.90 Å². The van der Waals surface area contributed by atoms with Crippen LogP contribution >= 0.6 is 0 Å². The highest BCUT2D eigenvalue weighted by Gasteiger charge is 2.20. The van der Waals surface area contributed by atoms with E-state index < -0.39 is 5.41 Å². The van der Waals surface area contributed by atoms with Gasteiger partial charge in [0.05, 0.1) is 11.5 Å². The van der Waals surface area contributed by atoms with E-state index in [-0.39, 0.29) is 0 Å². The molecule has 0 bridgehead atoms. The number of nitrogens with zero attached hydrogens (tertiary/aromatic N) is 2. The molecular weight excluding hydrogens is 246 g/mol. The summed E-state index contributed by atoms with van der Waals surface area (Å²) in [4.78, 5) is 2.50. The van der Waals surface area contributed by atoms with Crippen molar-refractivity contribution in [3.63, 3.8) is 0 Å². The molecule has 1 aliphatic heterocycles. The topological polar surface area (TPSA) is 39.1 Å². The van der Waals surface area contributed by atoms with Gasteiger partial charge >= 0.3 is 0 Å². The zero-order chi connectivity index (χ0) is 14.6. The Morgan fingerprint density at radius 2 is 1.85 bits per heavy atom. The van der Waals surface area contributed by atoms with Crippen LogP contribution in [0.2, 0.25) is 0 Å². The molecule has 0 aromatic heterocycles. The maximum absolute atomic E-state index is 9.16. The Morgan fingerprint density at radius 3 is 2.35 bits per heavy atom. The molecule has 0 atom stereocenters. The van der Waals surface area contributed by atoms with E-state index in [2.05, 4.69) is 47.5 Å². The van der Waals surface area contributed by atoms with Crippen LogP contribution in [0.15, 0.2) is 24.3 Å². The second-order valence-corrected chi connectivity index (χ2v) is 6.17. The largest absolute Gasteiger partial charge is 0.382 e. The molecule has 1 aliphatic rings. The Balaban J connectivity index is 1.93. The van der Waals surface area contributed by atoms with Crippen molar-refractivity contribution in [2.24, 2.45) is 0 Å². The summed E-state index contributed by atoms with van der Waals surface area (Å²) in [5.41, 5.74) is 1.83. The molecule has 20 heavy (non-hydrogen) atoms. The summed E-state index contributed by atoms with van der Waals surface area (Å²) in [7, 11) is 0. The Bertz CT molecular complexity index is 462. The lowest BCUT2D eigenvalue weighted by Gasteiger charge is -2.32. The number of nitriles is 1. The van der Waals surface area contributed by atoms with Crippen molar-refractivity contribution in [1.29, 1.82) is 5.26 Å². The monoisotopic (exact) mass is 271 g/mol. The van der Waals surface area contributed by atoms with Gasteiger partial charge in [0, 0.05) is 24.8 Å². The molecule has 1 N–H and O–H groups in total. The first-order chi connectivity index (χ1) is 9.55. The third kappa shape index (κ3) is 3.52. The molecule has 2 rings (SSSR count). The number of piperidine rings is 1. The Morgan fingerprint density at radius 1 is 1.25 bits per heavy atom. The van der Waals surface area contributed by atoms with Crippen LogP contribution in [-0.4, -0.2) is 30.6 Å². The van der Waals surface area contributed by atoms with Gasteiger partial charge in [-0.25, -0.2) is 0 Å². The summed E-state index contributed by atoms with van der Waals surface area (Å²) in [5.74, 6) is 0. The molecular formula is C17H25N3. The lowest BCUT2D eigenvalue weighted by Crippen LogP contribution is -2.38. The molecule has 1 aromatic rings. The van der Waals surface area contributed by atoms with Gasteiger partial charge < -0.3 is 10.2 Å². The second kappa shape index (κ2) is 6.28. The first-order valence-electron chi connectivity index (χ1n) is 7.56. The second-order valence-electron chi connectivity index (χ2n) is 6.17. The summed E-state index contributed by atoms with van der Waals surface area (Å²) in [6.07, 6.45) is 2.42. The summed E-state index contributed by atoms with van der Waals surface area (Å²) >= 11 is 0. The number of rotatable bonds is 4. The van der Waals surface area contributed by atoms with E-state index in [1.54, 1.807) is 0 Å². The lowest BCUT2D eigenvalue weighted by atomic mass is 9.86. The fraction of sp³-hybridized carbons (Fsp3) is 0.588. The van der Waals surface area contributed by atoms with Crippen molar-refractivity contribution >= 4 is 5.69 Å². The van der Waals surface area contributed by atoms with Gasteiger partial charge in [-0.15, -0.1) is 0 Å². The predicted octanol–water partition coefficient (Wildman–Crippen LogP) is 3.38. The molecule has 1 heterocycles. The average molecular weight is 271 g/mol. The van der Waals surface area contributed by atoms with Crippen molar-refractivity contribution in [3.8, 4) is 6.07 Å². The molecule has 0 unspecified atom stereocenters. The standard InChI is InChI=1S/C17H25N3/c1-4-20-11-9-16(10-12-20)19-15-7-5-14(6-8-15)17(2,3)13-18/h5-8,16,19H,4,9-12H2,1-3H3. The van der Waals surface area contributed by atoms with E-state index in [0.29, 0.717) is 6.04 Å². The van der Waals surface area contributed by atoms with Crippen LogP contribution in [0.1, 0.15) is 39.2 Å². The van der Waals surface area contributed by atoms with Crippen LogP contribution in [0.25, 0.3) is 0 Å². The number of anilines is 1. The van der Waals surface area contributed by atoms with E-state index in [4.69, 9.17) is 5.26 Å². The average Bonchev–Trinajstić information content (AvgIpc) is 2.48. The summed E-state index contributed by atoms with van der Waals surface area (Å²) in [6.45, 7) is 9.67. The number of nitrogens with one attached hydrogen (secondary N) is 1. The minimum atomic E-state index is -0.412. The highest BCUT2D eigenvalue weighted by Crippen LogP contribution is 2.24. The van der Waals surface area contributed by atoms with Gasteiger partial charge in [-0.3, -0.25) is 0 Å². The van der Waals surface area contributed by atoms with Crippen LogP contribution in [0, 0.1) is 11.3 Å². The van der Waals surface area contributed by atoms with Crippen LogP contribution in [-0.2, 0) is 5.41 Å². The summed E-state index contributed by atoms with van der Waals surface area (Å²) in [5, 5.41) is 12.8. The van der Waals surface area contributed by atoms with Crippen LogP contribution < -0.4 is 5.32 Å². The molecule has 108 valence electrons. The molecule has 1 aromatic carbocycles. The van der Waals surface area contributed by atoms with Gasteiger partial charge in [0.25, 0.3) is 0 Å². The zero-order valence-corrected chi connectivity index (χ0v) is 12.8. The van der Waals surface area contributed by atoms with Gasteiger partial charge in [-0.05, 0) is 50.9 Å². The van der Waals surface area contributed by atoms with Crippen molar-refractivity contribution in [2.45, 2.75) is 45.1 Å². The fourth-order valence-corrected chi connectivity index (χ4v) is 2.68. The fourth-order valence-electron chi connectivity index (χ4n) is 2.68. The van der Waals surface area contributed by atoms with Gasteiger partial charge in [0.15, 0.2) is 0 Å². The van der Waals surface area contributed by atoms with E-state index in [1.807, 2.05) is 13.8 Å². The van der Waals surface area contributed by atoms with Crippen molar-refractivity contribution in [2.75, 3.05) is 25.0 Å². The lowest BCUT2D eigenvalue weighted by molar-refractivity contribution is 0.229. The van der Waals surface area contributed by atoms with Gasteiger partial charge in [0.1, 0.15) is 0 Å². The number of hydrogen-bond donors (Lipinski definition) is 1. The van der Waals surface area contributed by atoms with E-state index >= 15 is 0 Å². The Hall–Kier alpha value is -1.53. The van der Waals surface area contributed by atoms with E-state index in [1.165, 1.54) is 25.9 Å². The molecule has 0 radical (unpaired) electrons. The highest BCUT2D eigenvalue weighted by atomic mass is 15.1. The molecule has 0 amide bonds. The van der Waals surface area contributed by atoms with E-state index in [9.17, 15) is 0 Å². The van der Waals surface area contributed by atoms with E-state index in [0.717, 1.165) is 17.8 Å². The Kier molecular flexibility index (Phi) is 4.67. The molecule has 0 aliphatic carbocycles. The maximum Gasteiger partial charge on any atom is 0.0766 e. The normalized spacial score (nSPS) is 17.7. The first-order valence-corrected chi connectivity index (χ1v) is 7.56. The number of benzene rings is 1. The van der Waals surface area contributed by atoms with Gasteiger partial charge in [-0.2, -0.15) is 5.26 Å². The molecule has 0 saturated carbocycles. The molecule has 1 fully saturated rings. The number of hydrogen-bond acceptors (Lipinski definition) is 3. The van der Waals surface area contributed by atoms with Crippen LogP contribution in [0.3, 0.4) is 0 Å². The predicted molar refractivity (Wildman–Crippen MR) is 83.8 cm³/mol. The third-order valence-electron chi connectivity index (χ3n) is 4.29. The first kappa shape index (κ1) is 14.9. The Labute approximate surface area is 122 Å². The molecule has 3 heteroatoms. The molecule has 0 spiro atoms. The number of likely N-dealkylation sites (tertiary alicyclic amines) is 1. The van der Waals surface area contributed by atoms with Crippen LogP contribution in [0.4, 0.5) is 5.69 Å². The highest BCUT2D eigenvalue weighted by molar-refractivity contribution is 5.47. The van der Waals surface area contributed by atoms with Gasteiger partial charge in [-0.1, -0.05) is 19.1 Å². The van der Waals surface area contributed by atoms with Crippen molar-refractivity contribution in [3.05, 3.63) is 29.8 Å². The van der Waals surface area contributed by atoms with Crippen LogP contribution in [0.5, 0.6) is 0 Å². The molecule has 1 saturated heterocycles. The zero-order valence-electron chi connectivity index (χ0n) is 12.8. The molecule has 3 nitrogen and oxygen atoms in total. The summed E-state index contributed by atoms with van der Waals surface area (Å²) in [6, 6.07) is 11.2. The maximum atomic E-state index is 9.16. The third-order valence-corrected chi connectivity index (χ3v) is 4.29. The quantitative estimate of drug-likeness (QED) is 0.912.